The fraction of sp³-hybridized carbons (Fsp3) is 0.409. The summed E-state index contributed by atoms with van der Waals surface area (Å²) in [6, 6.07) is 9.74. The third kappa shape index (κ3) is 4.65. The standard InChI is InChI=1S/C22H27N5O3S.ClH/c1-4-31(29,30)27-11-9-17(10-12-27)24-22-23-14-16-13-19(18-8-6-5-7-15(18)2)21(28)26(3)20(16)25-22;/h5-8,13-14,17H,4,9-12H2,1-3H3,(H,23,24,25);1H. The van der Waals surface area contributed by atoms with Gasteiger partial charge in [0.25, 0.3) is 5.56 Å². The molecule has 3 aromatic rings. The average Bonchev–Trinajstić information content (AvgIpc) is 2.77. The Hall–Kier alpha value is -2.49. The van der Waals surface area contributed by atoms with Crippen LogP contribution in [-0.2, 0) is 17.1 Å². The summed E-state index contributed by atoms with van der Waals surface area (Å²) < 4.78 is 27.2. The van der Waals surface area contributed by atoms with Gasteiger partial charge in [0.15, 0.2) is 0 Å². The van der Waals surface area contributed by atoms with Gasteiger partial charge in [0.1, 0.15) is 5.65 Å². The molecule has 0 atom stereocenters. The van der Waals surface area contributed by atoms with Gasteiger partial charge in [-0.3, -0.25) is 9.36 Å². The number of piperidine rings is 1. The van der Waals surface area contributed by atoms with Gasteiger partial charge >= 0.3 is 0 Å². The van der Waals surface area contributed by atoms with Crippen molar-refractivity contribution in [3.8, 4) is 11.1 Å². The van der Waals surface area contributed by atoms with Crippen molar-refractivity contribution in [3.05, 3.63) is 52.4 Å². The number of nitrogens with zero attached hydrogens (tertiary/aromatic N) is 4. The molecule has 1 saturated heterocycles. The van der Waals surface area contributed by atoms with Gasteiger partial charge in [-0.2, -0.15) is 4.98 Å². The number of rotatable bonds is 5. The minimum Gasteiger partial charge on any atom is -0.351 e. The molecule has 3 heterocycles. The first-order chi connectivity index (χ1) is 14.8. The highest BCUT2D eigenvalue weighted by molar-refractivity contribution is 7.89. The maximum atomic E-state index is 13.0. The Balaban J connectivity index is 0.00000289. The first kappa shape index (κ1) is 24.2. The van der Waals surface area contributed by atoms with Crippen LogP contribution in [0.25, 0.3) is 22.2 Å². The first-order valence-corrected chi connectivity index (χ1v) is 12.1. The average molecular weight is 478 g/mol. The van der Waals surface area contributed by atoms with Crippen LogP contribution in [0.15, 0.2) is 41.3 Å². The maximum absolute atomic E-state index is 13.0. The van der Waals surface area contributed by atoms with Gasteiger partial charge < -0.3 is 5.32 Å². The highest BCUT2D eigenvalue weighted by Crippen LogP contribution is 2.24. The Bertz CT molecular complexity index is 1280. The summed E-state index contributed by atoms with van der Waals surface area (Å²) in [5.41, 5.74) is 3.02. The molecule has 1 fully saturated rings. The van der Waals surface area contributed by atoms with E-state index in [4.69, 9.17) is 0 Å². The van der Waals surface area contributed by atoms with E-state index in [1.54, 1.807) is 29.0 Å². The van der Waals surface area contributed by atoms with Crippen molar-refractivity contribution >= 4 is 39.4 Å². The van der Waals surface area contributed by atoms with Gasteiger partial charge in [-0.25, -0.2) is 17.7 Å². The van der Waals surface area contributed by atoms with E-state index in [2.05, 4.69) is 15.3 Å². The SMILES string of the molecule is CCS(=O)(=O)N1CCC(Nc2ncc3cc(-c4ccccc4C)c(=O)n(C)c3n2)CC1.Cl. The van der Waals surface area contributed by atoms with Crippen molar-refractivity contribution in [1.29, 1.82) is 0 Å². The van der Waals surface area contributed by atoms with Gasteiger partial charge in [-0.1, -0.05) is 24.3 Å². The largest absolute Gasteiger partial charge is 0.351 e. The molecule has 1 N–H and O–H groups in total. The van der Waals surface area contributed by atoms with Crippen molar-refractivity contribution in [1.82, 2.24) is 18.8 Å². The number of halogens is 1. The number of fused-ring (bicyclic) bond motifs is 1. The Morgan fingerprint density at radius 2 is 1.84 bits per heavy atom. The van der Waals surface area contributed by atoms with Crippen LogP contribution in [0.3, 0.4) is 0 Å². The molecule has 0 spiro atoms. The molecular formula is C22H28ClN5O3S. The van der Waals surface area contributed by atoms with Gasteiger partial charge in [0, 0.05) is 43.3 Å². The zero-order valence-corrected chi connectivity index (χ0v) is 20.0. The molecule has 1 aliphatic rings. The Labute approximate surface area is 194 Å². The summed E-state index contributed by atoms with van der Waals surface area (Å²) in [5, 5.41) is 4.09. The summed E-state index contributed by atoms with van der Waals surface area (Å²) in [4.78, 5) is 22.0. The van der Waals surface area contributed by atoms with Crippen LogP contribution >= 0.6 is 12.4 Å². The van der Waals surface area contributed by atoms with E-state index >= 15 is 0 Å². The number of pyridine rings is 1. The van der Waals surface area contributed by atoms with Crippen LogP contribution in [0.4, 0.5) is 5.95 Å². The molecule has 0 saturated carbocycles. The number of aryl methyl sites for hydroxylation is 2. The predicted octanol–water partition coefficient (Wildman–Crippen LogP) is 2.95. The van der Waals surface area contributed by atoms with E-state index in [0.717, 1.165) is 16.5 Å². The smallest absolute Gasteiger partial charge is 0.259 e. The Kier molecular flexibility index (Phi) is 7.22. The van der Waals surface area contributed by atoms with Crippen LogP contribution in [0, 0.1) is 6.92 Å². The topological polar surface area (TPSA) is 97.2 Å². The molecule has 0 amide bonds. The lowest BCUT2D eigenvalue weighted by atomic mass is 10.0. The molecule has 0 unspecified atom stereocenters. The van der Waals surface area contributed by atoms with Crippen molar-refractivity contribution in [2.45, 2.75) is 32.7 Å². The van der Waals surface area contributed by atoms with Crippen molar-refractivity contribution in [3.63, 3.8) is 0 Å². The molecule has 0 radical (unpaired) electrons. The fourth-order valence-corrected chi connectivity index (χ4v) is 5.16. The molecule has 8 nitrogen and oxygen atoms in total. The molecule has 1 aromatic carbocycles. The minimum absolute atomic E-state index is 0. The molecule has 0 bridgehead atoms. The van der Waals surface area contributed by atoms with Crippen LogP contribution in [0.1, 0.15) is 25.3 Å². The Morgan fingerprint density at radius 3 is 2.50 bits per heavy atom. The second kappa shape index (κ2) is 9.56. The van der Waals surface area contributed by atoms with Gasteiger partial charge in [-0.05, 0) is 43.9 Å². The fourth-order valence-electron chi connectivity index (χ4n) is 4.03. The predicted molar refractivity (Wildman–Crippen MR) is 130 cm³/mol. The second-order valence-electron chi connectivity index (χ2n) is 7.93. The molecular weight excluding hydrogens is 450 g/mol. The lowest BCUT2D eigenvalue weighted by Gasteiger charge is -2.31. The monoisotopic (exact) mass is 477 g/mol. The molecule has 2 aromatic heterocycles. The number of hydrogen-bond acceptors (Lipinski definition) is 6. The van der Waals surface area contributed by atoms with Gasteiger partial charge in [-0.15, -0.1) is 12.4 Å². The van der Waals surface area contributed by atoms with E-state index in [-0.39, 0.29) is 29.8 Å². The molecule has 1 aliphatic heterocycles. The summed E-state index contributed by atoms with van der Waals surface area (Å²) in [6.07, 6.45) is 3.10. The van der Waals surface area contributed by atoms with Crippen LogP contribution in [0.5, 0.6) is 0 Å². The number of aromatic nitrogens is 3. The number of nitrogens with one attached hydrogen (secondary N) is 1. The molecule has 32 heavy (non-hydrogen) atoms. The molecule has 10 heteroatoms. The minimum atomic E-state index is -3.15. The molecule has 0 aliphatic carbocycles. The van der Waals surface area contributed by atoms with Crippen molar-refractivity contribution in [2.24, 2.45) is 7.05 Å². The van der Waals surface area contributed by atoms with E-state index in [9.17, 15) is 13.2 Å². The highest BCUT2D eigenvalue weighted by Gasteiger charge is 2.27. The summed E-state index contributed by atoms with van der Waals surface area (Å²) in [5.74, 6) is 0.570. The normalized spacial score (nSPS) is 15.5. The number of benzene rings is 1. The first-order valence-electron chi connectivity index (χ1n) is 10.5. The van der Waals surface area contributed by atoms with Crippen molar-refractivity contribution in [2.75, 3.05) is 24.2 Å². The number of sulfonamides is 1. The molecule has 172 valence electrons. The van der Waals surface area contributed by atoms with E-state index in [0.29, 0.717) is 43.1 Å². The zero-order valence-electron chi connectivity index (χ0n) is 18.4. The van der Waals surface area contributed by atoms with Crippen molar-refractivity contribution < 1.29 is 8.42 Å². The van der Waals surface area contributed by atoms with E-state index in [1.807, 2.05) is 37.3 Å². The van der Waals surface area contributed by atoms with Crippen LogP contribution < -0.4 is 10.9 Å². The third-order valence-electron chi connectivity index (χ3n) is 5.93. The van der Waals surface area contributed by atoms with Gasteiger partial charge in [0.2, 0.25) is 16.0 Å². The third-order valence-corrected chi connectivity index (χ3v) is 7.81. The zero-order chi connectivity index (χ0) is 22.2. The maximum Gasteiger partial charge on any atom is 0.259 e. The number of hydrogen-bond donors (Lipinski definition) is 1. The summed E-state index contributed by atoms with van der Waals surface area (Å²) in [7, 11) is -1.43. The quantitative estimate of drug-likeness (QED) is 0.606. The lowest BCUT2D eigenvalue weighted by molar-refractivity contribution is 0.329. The summed E-state index contributed by atoms with van der Waals surface area (Å²) in [6.45, 7) is 4.62. The van der Waals surface area contributed by atoms with Crippen LogP contribution in [-0.4, -0.2) is 52.1 Å². The lowest BCUT2D eigenvalue weighted by Crippen LogP contribution is -2.43. The van der Waals surface area contributed by atoms with Gasteiger partial charge in [0.05, 0.1) is 5.75 Å². The summed E-state index contributed by atoms with van der Waals surface area (Å²) >= 11 is 0. The second-order valence-corrected chi connectivity index (χ2v) is 10.2. The highest BCUT2D eigenvalue weighted by atomic mass is 35.5. The van der Waals surface area contributed by atoms with E-state index in [1.165, 1.54) is 0 Å². The van der Waals surface area contributed by atoms with E-state index < -0.39 is 10.0 Å². The number of anilines is 1. The Morgan fingerprint density at radius 1 is 1.16 bits per heavy atom. The van der Waals surface area contributed by atoms with Crippen LogP contribution in [0.2, 0.25) is 0 Å². The molecule has 4 rings (SSSR count).